The molecule has 0 aliphatic heterocycles. The van der Waals surface area contributed by atoms with E-state index in [2.05, 4.69) is 6.92 Å². The summed E-state index contributed by atoms with van der Waals surface area (Å²) < 4.78 is 24.1. The van der Waals surface area contributed by atoms with Crippen molar-refractivity contribution in [1.82, 2.24) is 0 Å². The number of hydrogen-bond donors (Lipinski definition) is 0. The zero-order chi connectivity index (χ0) is 11.5. The quantitative estimate of drug-likeness (QED) is 0.746. The number of sulfone groups is 1. The van der Waals surface area contributed by atoms with Gasteiger partial charge < -0.3 is 0 Å². The molecule has 1 saturated carbocycles. The zero-order valence-electron chi connectivity index (χ0n) is 9.44. The molecule has 4 heteroatoms. The molecular formula is C11H19NO2S. The summed E-state index contributed by atoms with van der Waals surface area (Å²) in [5, 5.41) is 7.76. The predicted molar refractivity (Wildman–Crippen MR) is 60.0 cm³/mol. The van der Waals surface area contributed by atoms with Crippen molar-refractivity contribution in [2.24, 2.45) is 5.92 Å². The van der Waals surface area contributed by atoms with Gasteiger partial charge >= 0.3 is 0 Å². The second-order valence-corrected chi connectivity index (χ2v) is 6.92. The van der Waals surface area contributed by atoms with Crippen LogP contribution in [0.3, 0.4) is 0 Å². The summed E-state index contributed by atoms with van der Waals surface area (Å²) >= 11 is 0. The van der Waals surface area contributed by atoms with Crippen LogP contribution in [-0.2, 0) is 9.84 Å². The Bertz CT molecular complexity index is 342. The minimum Gasteiger partial charge on any atom is -0.227 e. The molecule has 3 unspecified atom stereocenters. The van der Waals surface area contributed by atoms with Gasteiger partial charge in [0.05, 0.1) is 11.3 Å². The van der Waals surface area contributed by atoms with E-state index in [4.69, 9.17) is 5.26 Å². The zero-order valence-corrected chi connectivity index (χ0v) is 10.3. The standard InChI is InChI=1S/C11H19NO2S/c1-3-10(8-12)15(13,14)11-6-4-5-9(2)7-11/h9-11H,3-7H2,1-2H3. The normalized spacial score (nSPS) is 29.4. The van der Waals surface area contributed by atoms with Gasteiger partial charge in [0.15, 0.2) is 9.84 Å². The molecule has 0 heterocycles. The highest BCUT2D eigenvalue weighted by molar-refractivity contribution is 7.92. The number of nitrogens with zero attached hydrogens (tertiary/aromatic N) is 1. The molecule has 0 spiro atoms. The van der Waals surface area contributed by atoms with Gasteiger partial charge in [0.1, 0.15) is 5.25 Å². The van der Waals surface area contributed by atoms with Crippen LogP contribution in [0.2, 0.25) is 0 Å². The van der Waals surface area contributed by atoms with Crippen LogP contribution in [-0.4, -0.2) is 18.9 Å². The third-order valence-corrected chi connectivity index (χ3v) is 5.85. The maximum atomic E-state index is 12.1. The molecule has 0 bridgehead atoms. The third kappa shape index (κ3) is 2.72. The number of nitriles is 1. The predicted octanol–water partition coefficient (Wildman–Crippen LogP) is 2.28. The van der Waals surface area contributed by atoms with Crippen molar-refractivity contribution in [2.45, 2.75) is 56.5 Å². The SMILES string of the molecule is CCC(C#N)S(=O)(=O)C1CCCC(C)C1. The molecule has 3 nitrogen and oxygen atoms in total. The Morgan fingerprint density at radius 1 is 1.47 bits per heavy atom. The van der Waals surface area contributed by atoms with Crippen molar-refractivity contribution < 1.29 is 8.42 Å². The molecule has 1 fully saturated rings. The molecule has 1 aliphatic rings. The summed E-state index contributed by atoms with van der Waals surface area (Å²) in [4.78, 5) is 0. The lowest BCUT2D eigenvalue weighted by Gasteiger charge is -2.27. The van der Waals surface area contributed by atoms with Crippen molar-refractivity contribution in [1.29, 1.82) is 5.26 Å². The van der Waals surface area contributed by atoms with Crippen molar-refractivity contribution >= 4 is 9.84 Å². The first-order chi connectivity index (χ1) is 7.02. The van der Waals surface area contributed by atoms with E-state index in [1.54, 1.807) is 6.92 Å². The van der Waals surface area contributed by atoms with Gasteiger partial charge in [-0.1, -0.05) is 26.7 Å². The first-order valence-electron chi connectivity index (χ1n) is 5.64. The van der Waals surface area contributed by atoms with Gasteiger partial charge in [-0.3, -0.25) is 0 Å². The van der Waals surface area contributed by atoms with Crippen LogP contribution in [0.25, 0.3) is 0 Å². The average Bonchev–Trinajstić information content (AvgIpc) is 2.19. The molecular weight excluding hydrogens is 210 g/mol. The van der Waals surface area contributed by atoms with Crippen molar-refractivity contribution in [2.75, 3.05) is 0 Å². The van der Waals surface area contributed by atoms with Crippen LogP contribution < -0.4 is 0 Å². The Kier molecular flexibility index (Phi) is 4.15. The van der Waals surface area contributed by atoms with Crippen LogP contribution in [0, 0.1) is 17.2 Å². The highest BCUT2D eigenvalue weighted by Gasteiger charge is 2.35. The first kappa shape index (κ1) is 12.5. The molecule has 0 aromatic heterocycles. The van der Waals surface area contributed by atoms with Crippen LogP contribution in [0.4, 0.5) is 0 Å². The Morgan fingerprint density at radius 2 is 2.13 bits per heavy atom. The van der Waals surface area contributed by atoms with E-state index in [9.17, 15) is 8.42 Å². The Hall–Kier alpha value is -0.560. The molecule has 0 aromatic rings. The minimum atomic E-state index is -3.22. The van der Waals surface area contributed by atoms with Gasteiger partial charge in [-0.15, -0.1) is 0 Å². The topological polar surface area (TPSA) is 57.9 Å². The molecule has 3 atom stereocenters. The lowest BCUT2D eigenvalue weighted by Crippen LogP contribution is -2.34. The van der Waals surface area contributed by atoms with Crippen molar-refractivity contribution in [3.05, 3.63) is 0 Å². The first-order valence-corrected chi connectivity index (χ1v) is 7.25. The molecule has 15 heavy (non-hydrogen) atoms. The molecule has 0 N–H and O–H groups in total. The van der Waals surface area contributed by atoms with Crippen molar-refractivity contribution in [3.63, 3.8) is 0 Å². The lowest BCUT2D eigenvalue weighted by molar-refractivity contribution is 0.381. The number of hydrogen-bond acceptors (Lipinski definition) is 3. The van der Waals surface area contributed by atoms with Gasteiger partial charge in [0.25, 0.3) is 0 Å². The number of rotatable bonds is 3. The fourth-order valence-corrected chi connectivity index (χ4v) is 4.47. The van der Waals surface area contributed by atoms with Crippen LogP contribution >= 0.6 is 0 Å². The summed E-state index contributed by atoms with van der Waals surface area (Å²) in [7, 11) is -3.22. The molecule has 0 saturated heterocycles. The second-order valence-electron chi connectivity index (χ2n) is 4.51. The summed E-state index contributed by atoms with van der Waals surface area (Å²) in [6, 6.07) is 1.92. The molecule has 1 rings (SSSR count). The van der Waals surface area contributed by atoms with E-state index in [0.717, 1.165) is 25.7 Å². The van der Waals surface area contributed by atoms with Crippen molar-refractivity contribution in [3.8, 4) is 6.07 Å². The highest BCUT2D eigenvalue weighted by atomic mass is 32.2. The smallest absolute Gasteiger partial charge is 0.169 e. The van der Waals surface area contributed by atoms with E-state index in [0.29, 0.717) is 12.3 Å². The lowest BCUT2D eigenvalue weighted by atomic mass is 9.91. The molecule has 1 aliphatic carbocycles. The maximum Gasteiger partial charge on any atom is 0.169 e. The van der Waals surface area contributed by atoms with E-state index in [1.807, 2.05) is 6.07 Å². The minimum absolute atomic E-state index is 0.272. The van der Waals surface area contributed by atoms with E-state index in [-0.39, 0.29) is 5.25 Å². The van der Waals surface area contributed by atoms with Gasteiger partial charge in [0, 0.05) is 0 Å². The fourth-order valence-electron chi connectivity index (χ4n) is 2.31. The fraction of sp³-hybridized carbons (Fsp3) is 0.909. The van der Waals surface area contributed by atoms with Gasteiger partial charge in [-0.2, -0.15) is 5.26 Å². The largest absolute Gasteiger partial charge is 0.227 e. The van der Waals surface area contributed by atoms with E-state index < -0.39 is 15.1 Å². The second kappa shape index (κ2) is 4.98. The Labute approximate surface area is 92.4 Å². The molecule has 0 aromatic carbocycles. The highest BCUT2D eigenvalue weighted by Crippen LogP contribution is 2.30. The molecule has 86 valence electrons. The summed E-state index contributed by atoms with van der Waals surface area (Å²) in [5.41, 5.74) is 0. The molecule has 0 amide bonds. The van der Waals surface area contributed by atoms with E-state index in [1.165, 1.54) is 0 Å². The summed E-state index contributed by atoms with van der Waals surface area (Å²) in [5.74, 6) is 0.481. The monoisotopic (exact) mass is 229 g/mol. The summed E-state index contributed by atoms with van der Waals surface area (Å²) in [6.45, 7) is 3.85. The Morgan fingerprint density at radius 3 is 2.60 bits per heavy atom. The third-order valence-electron chi connectivity index (χ3n) is 3.26. The van der Waals surface area contributed by atoms with Crippen LogP contribution in [0.1, 0.15) is 46.0 Å². The summed E-state index contributed by atoms with van der Waals surface area (Å²) in [6.07, 6.45) is 3.98. The molecule has 0 radical (unpaired) electrons. The van der Waals surface area contributed by atoms with Gasteiger partial charge in [-0.25, -0.2) is 8.42 Å². The van der Waals surface area contributed by atoms with Crippen LogP contribution in [0.15, 0.2) is 0 Å². The average molecular weight is 229 g/mol. The van der Waals surface area contributed by atoms with Gasteiger partial charge in [0.2, 0.25) is 0 Å². The maximum absolute atomic E-state index is 12.1. The Balaban J connectivity index is 2.81. The van der Waals surface area contributed by atoms with E-state index >= 15 is 0 Å². The van der Waals surface area contributed by atoms with Crippen LogP contribution in [0.5, 0.6) is 0 Å². The van der Waals surface area contributed by atoms with Gasteiger partial charge in [-0.05, 0) is 25.2 Å².